The zero-order chi connectivity index (χ0) is 18.1. The van der Waals surface area contributed by atoms with Crippen LogP contribution in [0.3, 0.4) is 0 Å². The van der Waals surface area contributed by atoms with E-state index in [2.05, 4.69) is 39.9 Å². The standard InChI is InChI=1S/C18H17ClN2.HNO3/c19-18-9-5-4-8-16(18)12-17(13-21-11-10-20-14-21)15-6-2-1-3-7-15;2-1(3)4/h1-11,14,17H,12-13H2;(H,2,3,4). The zero-order valence-corrected chi connectivity index (χ0v) is 14.2. The van der Waals surface area contributed by atoms with Gasteiger partial charge in [-0.2, -0.15) is 0 Å². The molecule has 1 unspecified atom stereocenters. The van der Waals surface area contributed by atoms with Gasteiger partial charge in [-0.3, -0.25) is 0 Å². The van der Waals surface area contributed by atoms with E-state index < -0.39 is 5.09 Å². The molecule has 0 aliphatic rings. The maximum Gasteiger partial charge on any atom is 0.291 e. The van der Waals surface area contributed by atoms with Crippen molar-refractivity contribution >= 4 is 11.6 Å². The number of benzene rings is 2. The first-order valence-electron chi connectivity index (χ1n) is 7.63. The number of rotatable bonds is 5. The minimum Gasteiger partial charge on any atom is -0.337 e. The van der Waals surface area contributed by atoms with E-state index in [1.165, 1.54) is 11.1 Å². The third-order valence-electron chi connectivity index (χ3n) is 3.69. The summed E-state index contributed by atoms with van der Waals surface area (Å²) >= 11 is 6.32. The fraction of sp³-hybridized carbons (Fsp3) is 0.167. The van der Waals surface area contributed by atoms with Crippen LogP contribution in [0.1, 0.15) is 17.0 Å². The average Bonchev–Trinajstić information content (AvgIpc) is 3.10. The van der Waals surface area contributed by atoms with Gasteiger partial charge in [0.1, 0.15) is 0 Å². The minimum atomic E-state index is -1.50. The molecule has 1 atom stereocenters. The molecule has 1 N–H and O–H groups in total. The molecule has 7 heteroatoms. The van der Waals surface area contributed by atoms with Gasteiger partial charge in [0.25, 0.3) is 5.09 Å². The van der Waals surface area contributed by atoms with E-state index in [1.807, 2.05) is 43.0 Å². The lowest BCUT2D eigenvalue weighted by atomic mass is 9.92. The molecule has 0 amide bonds. The largest absolute Gasteiger partial charge is 0.337 e. The monoisotopic (exact) mass is 359 g/mol. The normalized spacial score (nSPS) is 11.2. The molecular formula is C18H18ClN3O3. The van der Waals surface area contributed by atoms with Gasteiger partial charge < -0.3 is 9.77 Å². The van der Waals surface area contributed by atoms with Crippen LogP contribution >= 0.6 is 11.6 Å². The molecule has 2 aromatic carbocycles. The van der Waals surface area contributed by atoms with Crippen molar-refractivity contribution in [1.29, 1.82) is 0 Å². The van der Waals surface area contributed by atoms with Gasteiger partial charge in [0, 0.05) is 29.9 Å². The first-order valence-corrected chi connectivity index (χ1v) is 8.01. The molecule has 3 aromatic rings. The summed E-state index contributed by atoms with van der Waals surface area (Å²) in [5.74, 6) is 0.375. The highest BCUT2D eigenvalue weighted by Crippen LogP contribution is 2.26. The van der Waals surface area contributed by atoms with Gasteiger partial charge in [-0.05, 0) is 23.6 Å². The van der Waals surface area contributed by atoms with E-state index in [4.69, 9.17) is 26.9 Å². The van der Waals surface area contributed by atoms with Crippen molar-refractivity contribution in [2.24, 2.45) is 0 Å². The van der Waals surface area contributed by atoms with E-state index in [-0.39, 0.29) is 0 Å². The van der Waals surface area contributed by atoms with Gasteiger partial charge in [0.15, 0.2) is 0 Å². The van der Waals surface area contributed by atoms with Crippen molar-refractivity contribution in [2.45, 2.75) is 18.9 Å². The zero-order valence-electron chi connectivity index (χ0n) is 13.4. The van der Waals surface area contributed by atoms with Crippen molar-refractivity contribution in [1.82, 2.24) is 9.55 Å². The first kappa shape index (κ1) is 18.5. The number of halogens is 1. The van der Waals surface area contributed by atoms with E-state index in [9.17, 15) is 0 Å². The van der Waals surface area contributed by atoms with Crippen LogP contribution in [0.4, 0.5) is 0 Å². The van der Waals surface area contributed by atoms with Gasteiger partial charge in [-0.1, -0.05) is 60.1 Å². The number of nitrogens with zero attached hydrogens (tertiary/aromatic N) is 3. The van der Waals surface area contributed by atoms with E-state index >= 15 is 0 Å². The molecule has 0 bridgehead atoms. The second-order valence-corrected chi connectivity index (χ2v) is 5.81. The van der Waals surface area contributed by atoms with Crippen LogP contribution < -0.4 is 0 Å². The van der Waals surface area contributed by atoms with Crippen molar-refractivity contribution in [3.63, 3.8) is 0 Å². The van der Waals surface area contributed by atoms with Crippen molar-refractivity contribution < 1.29 is 10.3 Å². The Morgan fingerprint density at radius 3 is 2.40 bits per heavy atom. The van der Waals surface area contributed by atoms with Crippen LogP contribution in [-0.4, -0.2) is 19.8 Å². The predicted octanol–water partition coefficient (Wildman–Crippen LogP) is 4.22. The fourth-order valence-electron chi connectivity index (χ4n) is 2.59. The Bertz CT molecular complexity index is 775. The molecule has 1 heterocycles. The molecule has 0 saturated carbocycles. The molecule has 25 heavy (non-hydrogen) atoms. The molecule has 1 aromatic heterocycles. The molecule has 0 aliphatic heterocycles. The average molecular weight is 360 g/mol. The summed E-state index contributed by atoms with van der Waals surface area (Å²) in [6, 6.07) is 18.7. The van der Waals surface area contributed by atoms with Gasteiger partial charge in [0.2, 0.25) is 0 Å². The Balaban J connectivity index is 0.000000511. The van der Waals surface area contributed by atoms with E-state index in [1.54, 1.807) is 0 Å². The molecule has 3 rings (SSSR count). The quantitative estimate of drug-likeness (QED) is 0.546. The molecule has 0 saturated heterocycles. The Morgan fingerprint density at radius 2 is 1.80 bits per heavy atom. The molecule has 0 spiro atoms. The summed E-state index contributed by atoms with van der Waals surface area (Å²) in [5, 5.41) is 14.5. The van der Waals surface area contributed by atoms with Crippen LogP contribution in [-0.2, 0) is 13.0 Å². The Labute approximate surface area is 150 Å². The minimum absolute atomic E-state index is 0.375. The molecular weight excluding hydrogens is 342 g/mol. The number of aromatic nitrogens is 2. The van der Waals surface area contributed by atoms with Crippen LogP contribution in [0.25, 0.3) is 0 Å². The lowest BCUT2D eigenvalue weighted by molar-refractivity contribution is -0.742. The smallest absolute Gasteiger partial charge is 0.291 e. The second kappa shape index (κ2) is 9.44. The highest BCUT2D eigenvalue weighted by Gasteiger charge is 2.14. The Morgan fingerprint density at radius 1 is 1.16 bits per heavy atom. The van der Waals surface area contributed by atoms with Gasteiger partial charge in [0.05, 0.1) is 6.33 Å². The van der Waals surface area contributed by atoms with Crippen molar-refractivity contribution in [3.05, 3.63) is 99.6 Å². The van der Waals surface area contributed by atoms with Crippen LogP contribution in [0, 0.1) is 10.1 Å². The summed E-state index contributed by atoms with van der Waals surface area (Å²) in [6.07, 6.45) is 6.60. The lowest BCUT2D eigenvalue weighted by Crippen LogP contribution is -2.11. The summed E-state index contributed by atoms with van der Waals surface area (Å²) in [7, 11) is 0. The van der Waals surface area contributed by atoms with Gasteiger partial charge in [-0.25, -0.2) is 4.98 Å². The van der Waals surface area contributed by atoms with E-state index in [0.717, 1.165) is 18.0 Å². The fourth-order valence-corrected chi connectivity index (χ4v) is 2.80. The van der Waals surface area contributed by atoms with E-state index in [0.29, 0.717) is 5.92 Å². The number of hydrogen-bond acceptors (Lipinski definition) is 3. The van der Waals surface area contributed by atoms with Crippen LogP contribution in [0.15, 0.2) is 73.3 Å². The van der Waals surface area contributed by atoms with Crippen molar-refractivity contribution in [2.75, 3.05) is 0 Å². The second-order valence-electron chi connectivity index (χ2n) is 5.40. The molecule has 0 fully saturated rings. The molecule has 130 valence electrons. The van der Waals surface area contributed by atoms with Gasteiger partial charge >= 0.3 is 0 Å². The SMILES string of the molecule is Clc1ccccc1CC(Cn1ccnc1)c1ccccc1.O=[N+]([O-])O. The Kier molecular flexibility index (Phi) is 6.98. The highest BCUT2D eigenvalue weighted by molar-refractivity contribution is 6.31. The van der Waals surface area contributed by atoms with Gasteiger partial charge in [-0.15, -0.1) is 10.1 Å². The van der Waals surface area contributed by atoms with Crippen LogP contribution in [0.5, 0.6) is 0 Å². The third kappa shape index (κ3) is 6.27. The molecule has 0 aliphatic carbocycles. The third-order valence-corrected chi connectivity index (χ3v) is 4.05. The molecule has 6 nitrogen and oxygen atoms in total. The summed E-state index contributed by atoms with van der Waals surface area (Å²) in [5.41, 5.74) is 2.51. The number of imidazole rings is 1. The van der Waals surface area contributed by atoms with Crippen LogP contribution in [0.2, 0.25) is 5.02 Å². The predicted molar refractivity (Wildman–Crippen MR) is 95.3 cm³/mol. The summed E-state index contributed by atoms with van der Waals surface area (Å²) in [4.78, 5) is 12.5. The van der Waals surface area contributed by atoms with Crippen molar-refractivity contribution in [3.8, 4) is 0 Å². The highest BCUT2D eigenvalue weighted by atomic mass is 35.5. The number of hydrogen-bond donors (Lipinski definition) is 1. The first-order chi connectivity index (χ1) is 12.1. The maximum atomic E-state index is 8.36. The summed E-state index contributed by atoms with van der Waals surface area (Å²) in [6.45, 7) is 0.898. The Hall–Kier alpha value is -2.86. The maximum absolute atomic E-state index is 8.36. The lowest BCUT2D eigenvalue weighted by Gasteiger charge is -2.19. The topological polar surface area (TPSA) is 81.2 Å². The summed E-state index contributed by atoms with van der Waals surface area (Å²) < 4.78 is 2.12. The molecule has 0 radical (unpaired) electrons.